The summed E-state index contributed by atoms with van der Waals surface area (Å²) in [6.45, 7) is 6.02. The standard InChI is InChI=1S/C29H42IN5O3S/c1-4-22-23(10-8-9-20-13-15-29(2,30)16-14-20)34-28(26(33-22)27(31)36)32-21-11-12-25(24(19-21)38-3)39(37)35-17-6-5-7-18-35/h11-12,19-20H,4-10,13-18H2,1-3H3,(H2,31,36)(H,32,34). The minimum Gasteiger partial charge on any atom is -0.495 e. The van der Waals surface area contributed by atoms with Gasteiger partial charge in [0, 0.05) is 28.3 Å². The molecular formula is C29H42IN5O3S. The number of amides is 1. The number of alkyl halides is 1. The molecule has 4 rings (SSSR count). The quantitative estimate of drug-likeness (QED) is 0.221. The summed E-state index contributed by atoms with van der Waals surface area (Å²) in [5.41, 5.74) is 8.24. The highest BCUT2D eigenvalue weighted by Gasteiger charge is 2.28. The smallest absolute Gasteiger partial charge is 0.271 e. The van der Waals surface area contributed by atoms with Crippen molar-refractivity contribution in [1.82, 2.24) is 14.3 Å². The summed E-state index contributed by atoms with van der Waals surface area (Å²) in [4.78, 5) is 22.5. The number of aromatic nitrogens is 2. The van der Waals surface area contributed by atoms with E-state index in [1.54, 1.807) is 13.2 Å². The van der Waals surface area contributed by atoms with E-state index in [1.807, 2.05) is 23.4 Å². The molecule has 2 heterocycles. The molecule has 2 fully saturated rings. The van der Waals surface area contributed by atoms with Crippen molar-refractivity contribution in [2.75, 3.05) is 25.5 Å². The van der Waals surface area contributed by atoms with Crippen LogP contribution in [-0.2, 0) is 23.8 Å². The molecule has 3 N–H and O–H groups in total. The van der Waals surface area contributed by atoms with Crippen LogP contribution in [0.15, 0.2) is 23.1 Å². The molecule has 1 saturated carbocycles. The maximum absolute atomic E-state index is 13.2. The summed E-state index contributed by atoms with van der Waals surface area (Å²) in [5.74, 6) is 1.03. The first kappa shape index (κ1) is 30.2. The van der Waals surface area contributed by atoms with Crippen LogP contribution in [0.4, 0.5) is 11.5 Å². The summed E-state index contributed by atoms with van der Waals surface area (Å²) in [6, 6.07) is 5.44. The predicted molar refractivity (Wildman–Crippen MR) is 165 cm³/mol. The lowest BCUT2D eigenvalue weighted by Crippen LogP contribution is -2.31. The fraction of sp³-hybridized carbons (Fsp3) is 0.621. The van der Waals surface area contributed by atoms with E-state index < -0.39 is 16.9 Å². The van der Waals surface area contributed by atoms with Gasteiger partial charge >= 0.3 is 0 Å². The number of anilines is 2. The summed E-state index contributed by atoms with van der Waals surface area (Å²) < 4.78 is 21.3. The van der Waals surface area contributed by atoms with E-state index >= 15 is 0 Å². The molecule has 0 bridgehead atoms. The van der Waals surface area contributed by atoms with Crippen LogP contribution in [0, 0.1) is 5.92 Å². The van der Waals surface area contributed by atoms with Gasteiger partial charge in [-0.3, -0.25) is 4.79 Å². The number of halogens is 1. The number of carbonyl (C=O) groups is 1. The Labute approximate surface area is 249 Å². The zero-order valence-corrected chi connectivity index (χ0v) is 26.4. The SMILES string of the molecule is CCc1nc(C(N)=O)c(Nc2ccc(S(=O)N3CCCCC3)c(OC)c2)nc1CCCC1CCC(C)(I)CC1. The Morgan fingerprint density at radius 1 is 1.21 bits per heavy atom. The molecule has 1 aliphatic carbocycles. The fourth-order valence-corrected chi connectivity index (χ4v) is 7.56. The maximum atomic E-state index is 13.2. The monoisotopic (exact) mass is 667 g/mol. The first-order valence-corrected chi connectivity index (χ1v) is 16.4. The number of aryl methyl sites for hydroxylation is 2. The van der Waals surface area contributed by atoms with Crippen molar-refractivity contribution in [3.8, 4) is 5.75 Å². The first-order valence-electron chi connectivity index (χ1n) is 14.2. The zero-order valence-electron chi connectivity index (χ0n) is 23.4. The van der Waals surface area contributed by atoms with Crippen molar-refractivity contribution >= 4 is 51.0 Å². The second kappa shape index (κ2) is 13.7. The third kappa shape index (κ3) is 7.91. The number of carbonyl (C=O) groups excluding carboxylic acids is 1. The van der Waals surface area contributed by atoms with Gasteiger partial charge in [-0.05, 0) is 75.8 Å². The van der Waals surface area contributed by atoms with Crippen molar-refractivity contribution in [3.05, 3.63) is 35.3 Å². The van der Waals surface area contributed by atoms with Gasteiger partial charge in [0.05, 0.1) is 23.4 Å². The van der Waals surface area contributed by atoms with Gasteiger partial charge in [-0.25, -0.2) is 18.5 Å². The van der Waals surface area contributed by atoms with Crippen LogP contribution in [0.3, 0.4) is 0 Å². The van der Waals surface area contributed by atoms with Crippen molar-refractivity contribution in [1.29, 1.82) is 0 Å². The average Bonchev–Trinajstić information content (AvgIpc) is 2.94. The first-order chi connectivity index (χ1) is 18.7. The Balaban J connectivity index is 1.51. The number of hydrogen-bond donors (Lipinski definition) is 2. The Morgan fingerprint density at radius 2 is 1.92 bits per heavy atom. The van der Waals surface area contributed by atoms with E-state index in [-0.39, 0.29) is 5.69 Å². The van der Waals surface area contributed by atoms with Crippen molar-refractivity contribution in [2.45, 2.75) is 92.8 Å². The molecule has 1 aromatic heterocycles. The van der Waals surface area contributed by atoms with Crippen LogP contribution in [-0.4, -0.2) is 48.0 Å². The normalized spacial score (nSPS) is 22.8. The van der Waals surface area contributed by atoms with E-state index in [9.17, 15) is 9.00 Å². The lowest BCUT2D eigenvalue weighted by atomic mass is 9.80. The number of ether oxygens (including phenoxy) is 1. The van der Waals surface area contributed by atoms with Crippen LogP contribution in [0.1, 0.15) is 93.5 Å². The van der Waals surface area contributed by atoms with Gasteiger partial charge in [0.15, 0.2) is 11.5 Å². The largest absolute Gasteiger partial charge is 0.495 e. The highest BCUT2D eigenvalue weighted by molar-refractivity contribution is 14.1. The number of benzene rings is 1. The highest BCUT2D eigenvalue weighted by atomic mass is 127. The average molecular weight is 668 g/mol. The number of nitrogens with one attached hydrogen (secondary N) is 1. The number of primary amides is 1. The van der Waals surface area contributed by atoms with E-state index in [4.69, 9.17) is 15.5 Å². The van der Waals surface area contributed by atoms with Gasteiger partial charge in [-0.2, -0.15) is 0 Å². The third-order valence-corrected chi connectivity index (χ3v) is 10.6. The van der Waals surface area contributed by atoms with Crippen molar-refractivity contribution < 1.29 is 13.7 Å². The molecule has 8 nitrogen and oxygen atoms in total. The molecular weight excluding hydrogens is 625 g/mol. The maximum Gasteiger partial charge on any atom is 0.271 e. The number of hydrogen-bond acceptors (Lipinski definition) is 6. The van der Waals surface area contributed by atoms with Crippen LogP contribution < -0.4 is 15.8 Å². The second-order valence-corrected chi connectivity index (χ2v) is 15.1. The molecule has 214 valence electrons. The molecule has 2 aromatic rings. The Morgan fingerprint density at radius 3 is 2.56 bits per heavy atom. The summed E-state index contributed by atoms with van der Waals surface area (Å²) in [6.07, 6.45) is 12.2. The van der Waals surface area contributed by atoms with Crippen LogP contribution in [0.2, 0.25) is 0 Å². The van der Waals surface area contributed by atoms with Crippen LogP contribution >= 0.6 is 22.6 Å². The summed E-state index contributed by atoms with van der Waals surface area (Å²) >= 11 is 2.61. The molecule has 1 saturated heterocycles. The van der Waals surface area contributed by atoms with Gasteiger partial charge in [0.2, 0.25) is 0 Å². The highest BCUT2D eigenvalue weighted by Crippen LogP contribution is 2.40. The van der Waals surface area contributed by atoms with Gasteiger partial charge < -0.3 is 15.8 Å². The molecule has 1 unspecified atom stereocenters. The van der Waals surface area contributed by atoms with Gasteiger partial charge in [-0.1, -0.05) is 49.3 Å². The lowest BCUT2D eigenvalue weighted by Gasteiger charge is -2.32. The molecule has 1 aromatic carbocycles. The van der Waals surface area contributed by atoms with Gasteiger partial charge in [0.1, 0.15) is 16.7 Å². The summed E-state index contributed by atoms with van der Waals surface area (Å²) in [7, 11) is 0.287. The Kier molecular flexibility index (Phi) is 10.6. The van der Waals surface area contributed by atoms with Gasteiger partial charge in [-0.15, -0.1) is 0 Å². The van der Waals surface area contributed by atoms with Crippen LogP contribution in [0.5, 0.6) is 5.75 Å². The van der Waals surface area contributed by atoms with Gasteiger partial charge in [0.25, 0.3) is 5.91 Å². The fourth-order valence-electron chi connectivity index (χ4n) is 5.57. The molecule has 0 radical (unpaired) electrons. The minimum atomic E-state index is -1.29. The van der Waals surface area contributed by atoms with E-state index in [1.165, 1.54) is 38.5 Å². The minimum absolute atomic E-state index is 0.129. The number of rotatable bonds is 11. The van der Waals surface area contributed by atoms with E-state index in [0.717, 1.165) is 56.1 Å². The molecule has 1 atom stereocenters. The Bertz CT molecular complexity index is 1180. The predicted octanol–water partition coefficient (Wildman–Crippen LogP) is 6.11. The molecule has 10 heteroatoms. The molecule has 0 spiro atoms. The zero-order chi connectivity index (χ0) is 28.0. The summed E-state index contributed by atoms with van der Waals surface area (Å²) in [5, 5.41) is 3.25. The lowest BCUT2D eigenvalue weighted by molar-refractivity contribution is 0.0996. The number of methoxy groups -OCH3 is 1. The Hall–Kier alpha value is -1.79. The van der Waals surface area contributed by atoms with Crippen LogP contribution in [0.25, 0.3) is 0 Å². The molecule has 2 aliphatic rings. The third-order valence-electron chi connectivity index (χ3n) is 7.96. The van der Waals surface area contributed by atoms with Crippen molar-refractivity contribution in [2.24, 2.45) is 11.7 Å². The second-order valence-electron chi connectivity index (χ2n) is 11.0. The topological polar surface area (TPSA) is 110 Å². The number of nitrogens with two attached hydrogens (primary N) is 1. The van der Waals surface area contributed by atoms with E-state index in [2.05, 4.69) is 39.8 Å². The molecule has 1 aliphatic heterocycles. The number of nitrogens with zero attached hydrogens (tertiary/aromatic N) is 3. The number of piperidine rings is 1. The van der Waals surface area contributed by atoms with Crippen molar-refractivity contribution in [3.63, 3.8) is 0 Å². The van der Waals surface area contributed by atoms with E-state index in [0.29, 0.717) is 32.0 Å². The molecule has 1 amide bonds. The molecule has 39 heavy (non-hydrogen) atoms.